The lowest BCUT2D eigenvalue weighted by Crippen LogP contribution is -2.46. The summed E-state index contributed by atoms with van der Waals surface area (Å²) in [5.41, 5.74) is 1.81. The Morgan fingerprint density at radius 2 is 1.76 bits per heavy atom. The van der Waals surface area contributed by atoms with Crippen molar-refractivity contribution in [2.45, 2.75) is 12.8 Å². The van der Waals surface area contributed by atoms with E-state index in [4.69, 9.17) is 9.47 Å². The van der Waals surface area contributed by atoms with Gasteiger partial charge in [0.15, 0.2) is 0 Å². The van der Waals surface area contributed by atoms with Crippen LogP contribution >= 0.6 is 0 Å². The molecule has 1 heterocycles. The minimum Gasteiger partial charge on any atom is -0.497 e. The van der Waals surface area contributed by atoms with Crippen LogP contribution in [0.1, 0.15) is 23.2 Å². The summed E-state index contributed by atoms with van der Waals surface area (Å²) in [4.78, 5) is 17.1. The first-order valence-corrected chi connectivity index (χ1v) is 10.2. The number of nitrogens with zero attached hydrogens (tertiary/aromatic N) is 2. The summed E-state index contributed by atoms with van der Waals surface area (Å²) in [5, 5.41) is 2.99. The van der Waals surface area contributed by atoms with Crippen LogP contribution in [0.5, 0.6) is 11.5 Å². The van der Waals surface area contributed by atoms with Crippen molar-refractivity contribution in [1.29, 1.82) is 0 Å². The average Bonchev–Trinajstić information content (AvgIpc) is 2.79. The van der Waals surface area contributed by atoms with Gasteiger partial charge in [0, 0.05) is 38.3 Å². The Balaban J connectivity index is 1.33. The summed E-state index contributed by atoms with van der Waals surface area (Å²) in [6, 6.07) is 15.4. The van der Waals surface area contributed by atoms with Crippen LogP contribution in [-0.2, 0) is 0 Å². The van der Waals surface area contributed by atoms with E-state index in [1.54, 1.807) is 26.4 Å². The minimum atomic E-state index is -0.0469. The van der Waals surface area contributed by atoms with Gasteiger partial charge in [0.25, 0.3) is 5.91 Å². The van der Waals surface area contributed by atoms with Crippen molar-refractivity contribution in [3.05, 3.63) is 54.1 Å². The molecule has 0 aliphatic carbocycles. The van der Waals surface area contributed by atoms with Crippen molar-refractivity contribution in [1.82, 2.24) is 10.2 Å². The number of carbonyl (C=O) groups is 1. The van der Waals surface area contributed by atoms with Gasteiger partial charge in [-0.15, -0.1) is 0 Å². The molecule has 0 unspecified atom stereocenters. The van der Waals surface area contributed by atoms with E-state index in [1.165, 1.54) is 5.69 Å². The normalized spacial score (nSPS) is 14.5. The predicted octanol–water partition coefficient (Wildman–Crippen LogP) is 3.04. The first-order chi connectivity index (χ1) is 14.2. The zero-order chi connectivity index (χ0) is 20.5. The highest BCUT2D eigenvalue weighted by Crippen LogP contribution is 2.28. The van der Waals surface area contributed by atoms with Gasteiger partial charge in [0.2, 0.25) is 0 Å². The molecule has 1 N–H and O–H groups in total. The van der Waals surface area contributed by atoms with Crippen molar-refractivity contribution in [2.24, 2.45) is 0 Å². The molecule has 2 aromatic carbocycles. The fraction of sp³-hybridized carbons (Fsp3) is 0.435. The summed E-state index contributed by atoms with van der Waals surface area (Å²) in [6.07, 6.45) is 2.05. The molecule has 0 saturated carbocycles. The molecule has 0 aromatic heterocycles. The lowest BCUT2D eigenvalue weighted by molar-refractivity contribution is 0.0952. The molecule has 1 fully saturated rings. The Morgan fingerprint density at radius 1 is 0.966 bits per heavy atom. The zero-order valence-electron chi connectivity index (χ0n) is 17.4. The van der Waals surface area contributed by atoms with Gasteiger partial charge in [0.1, 0.15) is 11.5 Å². The number of rotatable bonds is 9. The first-order valence-electron chi connectivity index (χ1n) is 10.2. The summed E-state index contributed by atoms with van der Waals surface area (Å²) < 4.78 is 10.7. The number of piperazine rings is 1. The Morgan fingerprint density at radius 3 is 2.52 bits per heavy atom. The quantitative estimate of drug-likeness (QED) is 0.659. The van der Waals surface area contributed by atoms with Gasteiger partial charge < -0.3 is 19.7 Å². The highest BCUT2D eigenvalue weighted by molar-refractivity contribution is 5.94. The average molecular weight is 398 g/mol. The van der Waals surface area contributed by atoms with Crippen molar-refractivity contribution < 1.29 is 14.3 Å². The van der Waals surface area contributed by atoms with E-state index in [0.29, 0.717) is 17.9 Å². The van der Waals surface area contributed by atoms with E-state index < -0.39 is 0 Å². The highest BCUT2D eigenvalue weighted by atomic mass is 16.5. The second kappa shape index (κ2) is 10.7. The number of para-hydroxylation sites is 2. The Bertz CT molecular complexity index is 788. The molecule has 1 saturated heterocycles. The number of ether oxygens (including phenoxy) is 2. The van der Waals surface area contributed by atoms with E-state index in [0.717, 1.165) is 51.3 Å². The molecule has 1 aliphatic rings. The first kappa shape index (κ1) is 21.0. The highest BCUT2D eigenvalue weighted by Gasteiger charge is 2.19. The molecule has 6 nitrogen and oxygen atoms in total. The number of carbonyl (C=O) groups excluding carboxylic acids is 1. The van der Waals surface area contributed by atoms with Gasteiger partial charge in [-0.3, -0.25) is 9.69 Å². The number of anilines is 1. The molecular weight excluding hydrogens is 366 g/mol. The monoisotopic (exact) mass is 397 g/mol. The summed E-state index contributed by atoms with van der Waals surface area (Å²) in [5.74, 6) is 1.59. The summed E-state index contributed by atoms with van der Waals surface area (Å²) in [6.45, 7) is 5.87. The Hall–Kier alpha value is -2.73. The molecule has 2 aromatic rings. The second-order valence-electron chi connectivity index (χ2n) is 7.20. The van der Waals surface area contributed by atoms with E-state index in [2.05, 4.69) is 27.2 Å². The predicted molar refractivity (Wildman–Crippen MR) is 116 cm³/mol. The van der Waals surface area contributed by atoms with Crippen LogP contribution < -0.4 is 19.7 Å². The summed E-state index contributed by atoms with van der Waals surface area (Å²) in [7, 11) is 3.33. The number of nitrogens with one attached hydrogen (secondary N) is 1. The number of benzene rings is 2. The van der Waals surface area contributed by atoms with Gasteiger partial charge in [-0.2, -0.15) is 0 Å². The van der Waals surface area contributed by atoms with Crippen molar-refractivity contribution in [2.75, 3.05) is 58.4 Å². The number of hydrogen-bond donors (Lipinski definition) is 1. The van der Waals surface area contributed by atoms with Gasteiger partial charge in [-0.1, -0.05) is 18.2 Å². The number of unbranched alkanes of at least 4 members (excludes halogenated alkanes) is 1. The SMILES string of the molecule is COc1cccc(C(=O)NCCCCN2CCN(c3ccccc3OC)CC2)c1. The second-order valence-corrected chi connectivity index (χ2v) is 7.20. The topological polar surface area (TPSA) is 54.0 Å². The largest absolute Gasteiger partial charge is 0.497 e. The smallest absolute Gasteiger partial charge is 0.251 e. The number of amides is 1. The van der Waals surface area contributed by atoms with Gasteiger partial charge in [-0.25, -0.2) is 0 Å². The lowest BCUT2D eigenvalue weighted by Gasteiger charge is -2.36. The number of hydrogen-bond acceptors (Lipinski definition) is 5. The maximum Gasteiger partial charge on any atom is 0.251 e. The molecule has 1 aliphatic heterocycles. The molecule has 6 heteroatoms. The molecule has 0 bridgehead atoms. The molecule has 1 amide bonds. The van der Waals surface area contributed by atoms with Crippen LogP contribution in [0.25, 0.3) is 0 Å². The van der Waals surface area contributed by atoms with Gasteiger partial charge >= 0.3 is 0 Å². The van der Waals surface area contributed by atoms with Crippen molar-refractivity contribution in [3.8, 4) is 11.5 Å². The van der Waals surface area contributed by atoms with E-state index in [-0.39, 0.29) is 5.91 Å². The standard InChI is InChI=1S/C23H31N3O3/c1-28-20-9-7-8-19(18-20)23(27)24-12-5-6-13-25-14-16-26(17-15-25)21-10-3-4-11-22(21)29-2/h3-4,7-11,18H,5-6,12-17H2,1-2H3,(H,24,27). The minimum absolute atomic E-state index is 0.0469. The van der Waals surface area contributed by atoms with Crippen LogP contribution in [-0.4, -0.2) is 64.3 Å². The van der Waals surface area contributed by atoms with Gasteiger partial charge in [0.05, 0.1) is 19.9 Å². The van der Waals surface area contributed by atoms with E-state index in [1.807, 2.05) is 24.3 Å². The van der Waals surface area contributed by atoms with Crippen molar-refractivity contribution in [3.63, 3.8) is 0 Å². The van der Waals surface area contributed by atoms with Crippen LogP contribution in [0.2, 0.25) is 0 Å². The van der Waals surface area contributed by atoms with Crippen LogP contribution in [0.4, 0.5) is 5.69 Å². The molecule has 0 radical (unpaired) electrons. The zero-order valence-corrected chi connectivity index (χ0v) is 17.4. The maximum absolute atomic E-state index is 12.2. The number of methoxy groups -OCH3 is 2. The fourth-order valence-corrected chi connectivity index (χ4v) is 3.63. The third kappa shape index (κ3) is 5.87. The fourth-order valence-electron chi connectivity index (χ4n) is 3.63. The lowest BCUT2D eigenvalue weighted by atomic mass is 10.2. The molecule has 0 atom stereocenters. The van der Waals surface area contributed by atoms with E-state index >= 15 is 0 Å². The molecular formula is C23H31N3O3. The summed E-state index contributed by atoms with van der Waals surface area (Å²) >= 11 is 0. The molecule has 3 rings (SSSR count). The van der Waals surface area contributed by atoms with E-state index in [9.17, 15) is 4.79 Å². The van der Waals surface area contributed by atoms with Crippen LogP contribution in [0.3, 0.4) is 0 Å². The molecule has 156 valence electrons. The Kier molecular flexibility index (Phi) is 7.76. The third-order valence-corrected chi connectivity index (χ3v) is 5.32. The molecule has 29 heavy (non-hydrogen) atoms. The van der Waals surface area contributed by atoms with Crippen molar-refractivity contribution >= 4 is 11.6 Å². The molecule has 0 spiro atoms. The maximum atomic E-state index is 12.2. The third-order valence-electron chi connectivity index (χ3n) is 5.32. The Labute approximate surface area is 173 Å². The van der Waals surface area contributed by atoms with Gasteiger partial charge in [-0.05, 0) is 49.7 Å². The van der Waals surface area contributed by atoms with Crippen LogP contribution in [0.15, 0.2) is 48.5 Å². The van der Waals surface area contributed by atoms with Crippen LogP contribution in [0, 0.1) is 0 Å².